The smallest absolute Gasteiger partial charge is 0.308 e. The monoisotopic (exact) mass is 382 g/mol. The Kier molecular flexibility index (Phi) is 5.44. The molecular weight excluding hydrogens is 360 g/mol. The second-order valence-corrected chi connectivity index (χ2v) is 7.09. The normalized spacial score (nSPS) is 14.3. The Bertz CT molecular complexity index is 918. The minimum Gasteiger partial charge on any atom is -0.481 e. The first kappa shape index (κ1) is 19.5. The molecule has 7 nitrogen and oxygen atoms in total. The van der Waals surface area contributed by atoms with Crippen molar-refractivity contribution >= 4 is 34.5 Å². The fourth-order valence-corrected chi connectivity index (χ4v) is 3.45. The third-order valence-corrected chi connectivity index (χ3v) is 5.02. The summed E-state index contributed by atoms with van der Waals surface area (Å²) in [5.74, 6) is -2.54. The van der Waals surface area contributed by atoms with E-state index in [0.717, 1.165) is 5.39 Å². The molecule has 2 aromatic rings. The maximum atomic E-state index is 12.8. The SMILES string of the molecule is CC(CN(C)C(=O)CCCN1C(=O)c2cccc3cccc(c23)C1=O)C(=O)O. The van der Waals surface area contributed by atoms with Crippen LogP contribution in [0.5, 0.6) is 0 Å². The Balaban J connectivity index is 1.66. The molecule has 0 saturated carbocycles. The first-order chi connectivity index (χ1) is 13.3. The fraction of sp³-hybridized carbons (Fsp3) is 0.333. The van der Waals surface area contributed by atoms with E-state index in [1.165, 1.54) is 16.7 Å². The molecule has 3 amide bonds. The second kappa shape index (κ2) is 7.80. The van der Waals surface area contributed by atoms with Crippen molar-refractivity contribution in [3.63, 3.8) is 0 Å². The Hall–Kier alpha value is -3.22. The van der Waals surface area contributed by atoms with Crippen LogP contribution in [0.1, 0.15) is 40.5 Å². The van der Waals surface area contributed by atoms with Crippen molar-refractivity contribution < 1.29 is 24.3 Å². The van der Waals surface area contributed by atoms with Crippen LogP contribution in [-0.2, 0) is 9.59 Å². The first-order valence-electron chi connectivity index (χ1n) is 9.16. The number of benzene rings is 2. The molecule has 146 valence electrons. The largest absolute Gasteiger partial charge is 0.481 e. The zero-order chi connectivity index (χ0) is 20.4. The molecule has 0 saturated heterocycles. The summed E-state index contributed by atoms with van der Waals surface area (Å²) in [5.41, 5.74) is 0.984. The van der Waals surface area contributed by atoms with E-state index in [4.69, 9.17) is 5.11 Å². The highest BCUT2D eigenvalue weighted by Crippen LogP contribution is 2.30. The molecule has 0 fully saturated rings. The van der Waals surface area contributed by atoms with Gasteiger partial charge in [0.2, 0.25) is 5.91 Å². The Morgan fingerprint density at radius 3 is 2.18 bits per heavy atom. The number of imide groups is 1. The van der Waals surface area contributed by atoms with Crippen molar-refractivity contribution in [1.29, 1.82) is 0 Å². The topological polar surface area (TPSA) is 95.0 Å². The summed E-state index contributed by atoms with van der Waals surface area (Å²) >= 11 is 0. The minimum absolute atomic E-state index is 0.116. The lowest BCUT2D eigenvalue weighted by atomic mass is 9.94. The third kappa shape index (κ3) is 3.60. The molecule has 1 unspecified atom stereocenters. The average Bonchev–Trinajstić information content (AvgIpc) is 2.68. The molecule has 1 aliphatic rings. The van der Waals surface area contributed by atoms with E-state index in [-0.39, 0.29) is 37.2 Å². The van der Waals surface area contributed by atoms with E-state index in [1.54, 1.807) is 31.3 Å². The van der Waals surface area contributed by atoms with Crippen LogP contribution >= 0.6 is 0 Å². The van der Waals surface area contributed by atoms with Gasteiger partial charge in [0.1, 0.15) is 0 Å². The summed E-state index contributed by atoms with van der Waals surface area (Å²) in [6.45, 7) is 1.79. The van der Waals surface area contributed by atoms with Gasteiger partial charge in [0, 0.05) is 43.1 Å². The van der Waals surface area contributed by atoms with Crippen molar-refractivity contribution in [3.05, 3.63) is 47.5 Å². The highest BCUT2D eigenvalue weighted by molar-refractivity contribution is 6.25. The molecule has 1 atom stereocenters. The lowest BCUT2D eigenvalue weighted by Crippen LogP contribution is -2.41. The van der Waals surface area contributed by atoms with Gasteiger partial charge in [-0.3, -0.25) is 24.1 Å². The quantitative estimate of drug-likeness (QED) is 0.742. The molecule has 3 rings (SSSR count). The van der Waals surface area contributed by atoms with E-state index in [2.05, 4.69) is 0 Å². The maximum Gasteiger partial charge on any atom is 0.308 e. The van der Waals surface area contributed by atoms with Crippen LogP contribution in [0.3, 0.4) is 0 Å². The summed E-state index contributed by atoms with van der Waals surface area (Å²) in [6, 6.07) is 10.7. The van der Waals surface area contributed by atoms with Crippen LogP contribution in [-0.4, -0.2) is 58.7 Å². The van der Waals surface area contributed by atoms with Gasteiger partial charge < -0.3 is 10.0 Å². The van der Waals surface area contributed by atoms with Crippen LogP contribution in [0.4, 0.5) is 0 Å². The standard InChI is InChI=1S/C21H22N2O5/c1-13(21(27)28)12-22(2)17(24)10-5-11-23-19(25)15-8-3-6-14-7-4-9-16(18(14)15)20(23)26/h3-4,6-9,13H,5,10-12H2,1-2H3,(H,27,28). The predicted octanol–water partition coefficient (Wildman–Crippen LogP) is 2.40. The van der Waals surface area contributed by atoms with E-state index in [0.29, 0.717) is 22.9 Å². The van der Waals surface area contributed by atoms with E-state index in [1.807, 2.05) is 12.1 Å². The van der Waals surface area contributed by atoms with Crippen molar-refractivity contribution in [2.45, 2.75) is 19.8 Å². The van der Waals surface area contributed by atoms with Crippen LogP contribution in [0.25, 0.3) is 10.8 Å². The molecular formula is C21H22N2O5. The number of nitrogens with zero attached hydrogens (tertiary/aromatic N) is 2. The molecule has 0 bridgehead atoms. The second-order valence-electron chi connectivity index (χ2n) is 7.09. The highest BCUT2D eigenvalue weighted by atomic mass is 16.4. The van der Waals surface area contributed by atoms with Crippen LogP contribution in [0.2, 0.25) is 0 Å². The van der Waals surface area contributed by atoms with Gasteiger partial charge in [-0.15, -0.1) is 0 Å². The molecule has 1 heterocycles. The van der Waals surface area contributed by atoms with Crippen LogP contribution in [0.15, 0.2) is 36.4 Å². The van der Waals surface area contributed by atoms with Crippen molar-refractivity contribution in [2.75, 3.05) is 20.1 Å². The van der Waals surface area contributed by atoms with E-state index >= 15 is 0 Å². The van der Waals surface area contributed by atoms with Gasteiger partial charge in [0.15, 0.2) is 0 Å². The molecule has 0 aromatic heterocycles. The van der Waals surface area contributed by atoms with Crippen molar-refractivity contribution in [3.8, 4) is 0 Å². The molecule has 2 aromatic carbocycles. The molecule has 1 aliphatic heterocycles. The molecule has 0 spiro atoms. The zero-order valence-electron chi connectivity index (χ0n) is 15.8. The van der Waals surface area contributed by atoms with Gasteiger partial charge in [-0.1, -0.05) is 31.2 Å². The lowest BCUT2D eigenvalue weighted by Gasteiger charge is -2.27. The Morgan fingerprint density at radius 2 is 1.64 bits per heavy atom. The molecule has 28 heavy (non-hydrogen) atoms. The number of aliphatic carboxylic acids is 1. The number of carbonyl (C=O) groups excluding carboxylic acids is 3. The molecule has 1 N–H and O–H groups in total. The van der Waals surface area contributed by atoms with Crippen LogP contribution in [0, 0.1) is 5.92 Å². The van der Waals surface area contributed by atoms with Crippen molar-refractivity contribution in [1.82, 2.24) is 9.80 Å². The summed E-state index contributed by atoms with van der Waals surface area (Å²) < 4.78 is 0. The highest BCUT2D eigenvalue weighted by Gasteiger charge is 2.32. The average molecular weight is 382 g/mol. The summed E-state index contributed by atoms with van der Waals surface area (Å²) in [4.78, 5) is 51.2. The number of hydrogen-bond acceptors (Lipinski definition) is 4. The van der Waals surface area contributed by atoms with Gasteiger partial charge in [0.25, 0.3) is 11.8 Å². The van der Waals surface area contributed by atoms with Crippen molar-refractivity contribution in [2.24, 2.45) is 5.92 Å². The summed E-state index contributed by atoms with van der Waals surface area (Å²) in [7, 11) is 1.55. The number of carboxylic acids is 1. The van der Waals surface area contributed by atoms with Gasteiger partial charge in [-0.2, -0.15) is 0 Å². The van der Waals surface area contributed by atoms with Gasteiger partial charge >= 0.3 is 5.97 Å². The van der Waals surface area contributed by atoms with E-state index < -0.39 is 11.9 Å². The molecule has 0 radical (unpaired) electrons. The van der Waals surface area contributed by atoms with Gasteiger partial charge in [0.05, 0.1) is 5.92 Å². The lowest BCUT2D eigenvalue weighted by molar-refractivity contribution is -0.142. The predicted molar refractivity (Wildman–Crippen MR) is 103 cm³/mol. The number of carbonyl (C=O) groups is 4. The maximum absolute atomic E-state index is 12.8. The minimum atomic E-state index is -0.961. The number of carboxylic acid groups (broad SMARTS) is 1. The van der Waals surface area contributed by atoms with E-state index in [9.17, 15) is 19.2 Å². The number of rotatable bonds is 7. The fourth-order valence-electron chi connectivity index (χ4n) is 3.45. The Morgan fingerprint density at radius 1 is 1.07 bits per heavy atom. The Labute approximate surface area is 162 Å². The first-order valence-corrected chi connectivity index (χ1v) is 9.16. The zero-order valence-corrected chi connectivity index (χ0v) is 15.8. The summed E-state index contributed by atoms with van der Waals surface area (Å²) in [5, 5.41) is 10.5. The van der Waals surface area contributed by atoms with Gasteiger partial charge in [-0.05, 0) is 23.9 Å². The van der Waals surface area contributed by atoms with Crippen LogP contribution < -0.4 is 0 Å². The molecule has 0 aliphatic carbocycles. The summed E-state index contributed by atoms with van der Waals surface area (Å²) in [6.07, 6.45) is 0.450. The van der Waals surface area contributed by atoms with Gasteiger partial charge in [-0.25, -0.2) is 0 Å². The molecule has 7 heteroatoms. The number of amides is 3. The third-order valence-electron chi connectivity index (χ3n) is 5.02. The number of hydrogen-bond donors (Lipinski definition) is 1.